The molecule has 0 N–H and O–H groups in total. The summed E-state index contributed by atoms with van der Waals surface area (Å²) in [6.45, 7) is 1.99. The minimum Gasteiger partial charge on any atom is -0.298 e. The molecule has 1 unspecified atom stereocenters. The molecule has 21 heavy (non-hydrogen) atoms. The molecule has 2 heterocycles. The molecular formula is C13H12F3N3OS. The van der Waals surface area contributed by atoms with Gasteiger partial charge in [-0.3, -0.25) is 9.48 Å². The molecular weight excluding hydrogens is 303 g/mol. The van der Waals surface area contributed by atoms with Crippen molar-refractivity contribution in [2.45, 2.75) is 32.0 Å². The SMILES string of the molecule is CC(C1CC1)n1cc(C=O)c(-c2nc(C(F)(F)F)cs2)n1. The molecule has 0 spiro atoms. The van der Waals surface area contributed by atoms with Gasteiger partial charge in [-0.2, -0.15) is 18.3 Å². The number of hydrogen-bond acceptors (Lipinski definition) is 4. The number of aldehydes is 1. The monoisotopic (exact) mass is 315 g/mol. The van der Waals surface area contributed by atoms with Gasteiger partial charge in [-0.25, -0.2) is 4.98 Å². The molecule has 2 aromatic heterocycles. The van der Waals surface area contributed by atoms with Gasteiger partial charge in [-0.15, -0.1) is 11.3 Å². The Hall–Kier alpha value is -1.70. The van der Waals surface area contributed by atoms with Gasteiger partial charge in [0.1, 0.15) is 10.7 Å². The van der Waals surface area contributed by atoms with Gasteiger partial charge in [-0.1, -0.05) is 0 Å². The summed E-state index contributed by atoms with van der Waals surface area (Å²) in [6.07, 6.45) is -0.0719. The van der Waals surface area contributed by atoms with Crippen LogP contribution in [0.1, 0.15) is 41.9 Å². The number of nitrogens with zero attached hydrogens (tertiary/aromatic N) is 3. The van der Waals surface area contributed by atoms with E-state index in [2.05, 4.69) is 10.1 Å². The van der Waals surface area contributed by atoms with Crippen LogP contribution >= 0.6 is 11.3 Å². The van der Waals surface area contributed by atoms with Crippen molar-refractivity contribution < 1.29 is 18.0 Å². The molecule has 2 aromatic rings. The van der Waals surface area contributed by atoms with Crippen molar-refractivity contribution in [2.24, 2.45) is 5.92 Å². The van der Waals surface area contributed by atoms with Crippen LogP contribution in [-0.2, 0) is 6.18 Å². The first-order valence-corrected chi connectivity index (χ1v) is 7.35. The van der Waals surface area contributed by atoms with E-state index < -0.39 is 11.9 Å². The molecule has 4 nitrogen and oxygen atoms in total. The van der Waals surface area contributed by atoms with Crippen LogP contribution in [0.5, 0.6) is 0 Å². The van der Waals surface area contributed by atoms with E-state index >= 15 is 0 Å². The highest BCUT2D eigenvalue weighted by atomic mass is 32.1. The maximum absolute atomic E-state index is 12.6. The fraction of sp³-hybridized carbons (Fsp3) is 0.462. The van der Waals surface area contributed by atoms with E-state index in [1.54, 1.807) is 10.9 Å². The molecule has 1 saturated carbocycles. The molecule has 0 aromatic carbocycles. The largest absolute Gasteiger partial charge is 0.434 e. The first-order chi connectivity index (χ1) is 9.90. The van der Waals surface area contributed by atoms with Gasteiger partial charge in [0.15, 0.2) is 12.0 Å². The highest BCUT2D eigenvalue weighted by molar-refractivity contribution is 7.13. The van der Waals surface area contributed by atoms with Crippen molar-refractivity contribution in [3.8, 4) is 10.7 Å². The lowest BCUT2D eigenvalue weighted by Gasteiger charge is -2.09. The smallest absolute Gasteiger partial charge is 0.298 e. The normalized spacial score (nSPS) is 17.0. The molecule has 1 atom stereocenters. The van der Waals surface area contributed by atoms with Crippen molar-refractivity contribution in [1.82, 2.24) is 14.8 Å². The third-order valence-electron chi connectivity index (χ3n) is 3.61. The molecule has 0 bridgehead atoms. The number of thiazole rings is 1. The first-order valence-electron chi connectivity index (χ1n) is 6.47. The van der Waals surface area contributed by atoms with E-state index in [1.807, 2.05) is 6.92 Å². The standard InChI is InChI=1S/C13H12F3N3OS/c1-7(8-2-3-8)19-4-9(5-20)11(18-19)12-17-10(6-21-12)13(14,15)16/h4-8H,2-3H2,1H3. The van der Waals surface area contributed by atoms with Gasteiger partial charge in [0, 0.05) is 11.6 Å². The average Bonchev–Trinajstić information content (AvgIpc) is 3.00. The minimum absolute atomic E-state index is 0.117. The van der Waals surface area contributed by atoms with Crippen LogP contribution in [0.4, 0.5) is 13.2 Å². The molecule has 0 aliphatic heterocycles. The minimum atomic E-state index is -4.49. The van der Waals surface area contributed by atoms with E-state index in [0.29, 0.717) is 12.2 Å². The Labute approximate surface area is 122 Å². The summed E-state index contributed by atoms with van der Waals surface area (Å²) < 4.78 is 39.4. The fourth-order valence-corrected chi connectivity index (χ4v) is 3.01. The van der Waals surface area contributed by atoms with Crippen molar-refractivity contribution >= 4 is 17.6 Å². The zero-order valence-electron chi connectivity index (χ0n) is 11.1. The maximum atomic E-state index is 12.6. The molecule has 3 rings (SSSR count). The van der Waals surface area contributed by atoms with E-state index in [0.717, 1.165) is 29.6 Å². The summed E-state index contributed by atoms with van der Waals surface area (Å²) in [4.78, 5) is 14.7. The van der Waals surface area contributed by atoms with Gasteiger partial charge >= 0.3 is 6.18 Å². The lowest BCUT2D eigenvalue weighted by molar-refractivity contribution is -0.140. The second-order valence-electron chi connectivity index (χ2n) is 5.14. The average molecular weight is 315 g/mol. The number of alkyl halides is 3. The molecule has 0 radical (unpaired) electrons. The van der Waals surface area contributed by atoms with E-state index in [-0.39, 0.29) is 22.3 Å². The summed E-state index contributed by atoms with van der Waals surface area (Å²) in [6, 6.07) is 0.138. The third-order valence-corrected chi connectivity index (χ3v) is 4.45. The number of rotatable bonds is 4. The maximum Gasteiger partial charge on any atom is 0.434 e. The molecule has 0 amide bonds. The Kier molecular flexibility index (Phi) is 3.35. The lowest BCUT2D eigenvalue weighted by Crippen LogP contribution is -2.07. The third kappa shape index (κ3) is 2.72. The number of halogens is 3. The van der Waals surface area contributed by atoms with Crippen molar-refractivity contribution in [2.75, 3.05) is 0 Å². The van der Waals surface area contributed by atoms with Gasteiger partial charge in [-0.05, 0) is 25.7 Å². The summed E-state index contributed by atoms with van der Waals surface area (Å²) in [5, 5.41) is 5.33. The number of carbonyl (C=O) groups excluding carboxylic acids is 1. The van der Waals surface area contributed by atoms with Crippen LogP contribution in [0.3, 0.4) is 0 Å². The van der Waals surface area contributed by atoms with Gasteiger partial charge in [0.2, 0.25) is 0 Å². The number of aromatic nitrogens is 3. The predicted octanol–water partition coefficient (Wildman–Crippen LogP) is 3.81. The zero-order valence-corrected chi connectivity index (χ0v) is 11.9. The van der Waals surface area contributed by atoms with Gasteiger partial charge < -0.3 is 0 Å². The Bertz CT molecular complexity index is 672. The van der Waals surface area contributed by atoms with Gasteiger partial charge in [0.25, 0.3) is 0 Å². The molecule has 0 saturated heterocycles. The number of carbonyl (C=O) groups is 1. The lowest BCUT2D eigenvalue weighted by atomic mass is 10.2. The molecule has 1 fully saturated rings. The van der Waals surface area contributed by atoms with Crippen molar-refractivity contribution in [3.63, 3.8) is 0 Å². The highest BCUT2D eigenvalue weighted by Gasteiger charge is 2.35. The Morgan fingerprint density at radius 1 is 1.48 bits per heavy atom. The predicted molar refractivity (Wildman–Crippen MR) is 71.2 cm³/mol. The van der Waals surface area contributed by atoms with Crippen LogP contribution in [0.2, 0.25) is 0 Å². The molecule has 1 aliphatic rings. The number of hydrogen-bond donors (Lipinski definition) is 0. The Morgan fingerprint density at radius 3 is 2.71 bits per heavy atom. The molecule has 112 valence electrons. The van der Waals surface area contributed by atoms with E-state index in [4.69, 9.17) is 0 Å². The summed E-state index contributed by atoms with van der Waals surface area (Å²) in [5.74, 6) is 0.527. The summed E-state index contributed by atoms with van der Waals surface area (Å²) in [5.41, 5.74) is -0.465. The first kappa shape index (κ1) is 14.2. The molecule has 8 heteroatoms. The van der Waals surface area contributed by atoms with Crippen LogP contribution in [0.25, 0.3) is 10.7 Å². The fourth-order valence-electron chi connectivity index (χ4n) is 2.17. The summed E-state index contributed by atoms with van der Waals surface area (Å²) in [7, 11) is 0. The highest BCUT2D eigenvalue weighted by Crippen LogP contribution is 2.40. The second kappa shape index (κ2) is 4.94. The summed E-state index contributed by atoms with van der Waals surface area (Å²) >= 11 is 0.842. The van der Waals surface area contributed by atoms with Crippen LogP contribution in [0.15, 0.2) is 11.6 Å². The van der Waals surface area contributed by atoms with E-state index in [1.165, 1.54) is 0 Å². The molecule has 1 aliphatic carbocycles. The van der Waals surface area contributed by atoms with Crippen molar-refractivity contribution in [3.05, 3.63) is 22.8 Å². The quantitative estimate of drug-likeness (QED) is 0.806. The Morgan fingerprint density at radius 2 is 2.19 bits per heavy atom. The van der Waals surface area contributed by atoms with Crippen LogP contribution in [0, 0.1) is 5.92 Å². The van der Waals surface area contributed by atoms with Crippen LogP contribution < -0.4 is 0 Å². The van der Waals surface area contributed by atoms with E-state index in [9.17, 15) is 18.0 Å². The van der Waals surface area contributed by atoms with Gasteiger partial charge in [0.05, 0.1) is 11.6 Å². The van der Waals surface area contributed by atoms with Crippen LogP contribution in [-0.4, -0.2) is 21.1 Å². The topological polar surface area (TPSA) is 47.8 Å². The zero-order chi connectivity index (χ0) is 15.2. The Balaban J connectivity index is 1.97. The van der Waals surface area contributed by atoms with Crippen molar-refractivity contribution in [1.29, 1.82) is 0 Å². The second-order valence-corrected chi connectivity index (χ2v) is 6.00.